The highest BCUT2D eigenvalue weighted by Crippen LogP contribution is 2.09. The van der Waals surface area contributed by atoms with E-state index in [2.05, 4.69) is 14.9 Å². The van der Waals surface area contributed by atoms with Gasteiger partial charge in [-0.05, 0) is 0 Å². The van der Waals surface area contributed by atoms with Crippen molar-refractivity contribution in [3.05, 3.63) is 5.69 Å². The number of aromatic hydroxyl groups is 1. The third kappa shape index (κ3) is 0.809. The molecule has 0 aromatic carbocycles. The van der Waals surface area contributed by atoms with Gasteiger partial charge < -0.3 is 10.8 Å². The van der Waals surface area contributed by atoms with Crippen molar-refractivity contribution in [2.75, 3.05) is 0 Å². The van der Waals surface area contributed by atoms with E-state index < -0.39 is 11.9 Å². The predicted octanol–water partition coefficient (Wildman–Crippen LogP) is -1.13. The maximum Gasteiger partial charge on any atom is 0.343 e. The Morgan fingerprint density at radius 1 is 1.78 bits per heavy atom. The highest BCUT2D eigenvalue weighted by atomic mass is 16.6. The number of aromatic nitrogens is 2. The second kappa shape index (κ2) is 1.73. The summed E-state index contributed by atoms with van der Waals surface area (Å²) in [4.78, 5) is 10.2. The molecule has 9 heavy (non-hydrogen) atoms. The number of amides is 1. The summed E-state index contributed by atoms with van der Waals surface area (Å²) in [5.74, 6) is -1.52. The fourth-order valence-corrected chi connectivity index (χ4v) is 0.341. The van der Waals surface area contributed by atoms with Gasteiger partial charge >= 0.3 is 5.95 Å². The van der Waals surface area contributed by atoms with Crippen LogP contribution in [0.4, 0.5) is 0 Å². The van der Waals surface area contributed by atoms with E-state index in [0.717, 1.165) is 0 Å². The van der Waals surface area contributed by atoms with Crippen molar-refractivity contribution in [2.24, 2.45) is 5.73 Å². The Balaban J connectivity index is 3.08. The molecule has 0 spiro atoms. The standard InChI is InChI=1S/C3H3N3O3/c4-2(7)1-3(8)9-6-5-1/h8H,(H2,4,7). The van der Waals surface area contributed by atoms with Gasteiger partial charge in [-0.1, -0.05) is 0 Å². The van der Waals surface area contributed by atoms with Crippen molar-refractivity contribution >= 4 is 5.91 Å². The first-order chi connectivity index (χ1) is 4.22. The third-order valence-corrected chi connectivity index (χ3v) is 0.704. The number of carbonyl (C=O) groups excluding carboxylic acids is 1. The first kappa shape index (κ1) is 5.54. The van der Waals surface area contributed by atoms with Crippen LogP contribution in [-0.4, -0.2) is 21.4 Å². The number of rotatable bonds is 1. The highest BCUT2D eigenvalue weighted by molar-refractivity contribution is 5.92. The first-order valence-corrected chi connectivity index (χ1v) is 2.03. The van der Waals surface area contributed by atoms with Gasteiger partial charge in [0.05, 0.1) is 0 Å². The van der Waals surface area contributed by atoms with Gasteiger partial charge in [0.1, 0.15) is 0 Å². The Hall–Kier alpha value is -1.59. The molecule has 1 amide bonds. The molecule has 1 aromatic heterocycles. The maximum absolute atomic E-state index is 10.2. The smallest absolute Gasteiger partial charge is 0.343 e. The number of hydrogen-bond acceptors (Lipinski definition) is 5. The highest BCUT2D eigenvalue weighted by Gasteiger charge is 2.12. The molecule has 0 saturated carbocycles. The van der Waals surface area contributed by atoms with Crippen molar-refractivity contribution in [3.63, 3.8) is 0 Å². The van der Waals surface area contributed by atoms with E-state index in [0.29, 0.717) is 0 Å². The summed E-state index contributed by atoms with van der Waals surface area (Å²) >= 11 is 0. The molecular weight excluding hydrogens is 126 g/mol. The van der Waals surface area contributed by atoms with Crippen molar-refractivity contribution in [1.29, 1.82) is 0 Å². The Bertz CT molecular complexity index is 230. The van der Waals surface area contributed by atoms with Crippen molar-refractivity contribution < 1.29 is 14.4 Å². The lowest BCUT2D eigenvalue weighted by Gasteiger charge is -1.80. The van der Waals surface area contributed by atoms with Crippen LogP contribution >= 0.6 is 0 Å². The van der Waals surface area contributed by atoms with Crippen molar-refractivity contribution in [2.45, 2.75) is 0 Å². The van der Waals surface area contributed by atoms with E-state index in [9.17, 15) is 4.79 Å². The molecule has 1 heterocycles. The molecule has 0 aliphatic heterocycles. The minimum Gasteiger partial charge on any atom is -0.478 e. The van der Waals surface area contributed by atoms with Crippen molar-refractivity contribution in [3.8, 4) is 5.95 Å². The predicted molar refractivity (Wildman–Crippen MR) is 24.5 cm³/mol. The topological polar surface area (TPSA) is 102 Å². The molecule has 0 fully saturated rings. The van der Waals surface area contributed by atoms with Gasteiger partial charge in [0, 0.05) is 5.27 Å². The second-order valence-electron chi connectivity index (χ2n) is 1.29. The Kier molecular flexibility index (Phi) is 1.07. The van der Waals surface area contributed by atoms with E-state index >= 15 is 0 Å². The second-order valence-corrected chi connectivity index (χ2v) is 1.29. The van der Waals surface area contributed by atoms with Crippen LogP contribution in [0.5, 0.6) is 5.95 Å². The number of carbonyl (C=O) groups is 1. The van der Waals surface area contributed by atoms with Gasteiger partial charge in [0.2, 0.25) is 5.69 Å². The lowest BCUT2D eigenvalue weighted by atomic mass is 10.5. The average molecular weight is 129 g/mol. The van der Waals surface area contributed by atoms with Crippen LogP contribution in [0.3, 0.4) is 0 Å². The molecule has 6 nitrogen and oxygen atoms in total. The molecular formula is C3H3N3O3. The van der Waals surface area contributed by atoms with E-state index in [-0.39, 0.29) is 5.69 Å². The number of nitrogens with zero attached hydrogens (tertiary/aromatic N) is 2. The fourth-order valence-electron chi connectivity index (χ4n) is 0.341. The number of hydrogen-bond donors (Lipinski definition) is 2. The lowest BCUT2D eigenvalue weighted by Crippen LogP contribution is -2.11. The van der Waals surface area contributed by atoms with Gasteiger partial charge in [-0.2, -0.15) is 0 Å². The quantitative estimate of drug-likeness (QED) is 0.499. The van der Waals surface area contributed by atoms with E-state index in [1.807, 2.05) is 0 Å². The monoisotopic (exact) mass is 129 g/mol. The van der Waals surface area contributed by atoms with Gasteiger partial charge in [-0.3, -0.25) is 9.32 Å². The van der Waals surface area contributed by atoms with Crippen LogP contribution in [0.1, 0.15) is 10.5 Å². The molecule has 6 heteroatoms. The third-order valence-electron chi connectivity index (χ3n) is 0.704. The summed E-state index contributed by atoms with van der Waals surface area (Å²) in [5, 5.41) is 14.5. The zero-order chi connectivity index (χ0) is 6.85. The average Bonchev–Trinajstić information content (AvgIpc) is 2.13. The van der Waals surface area contributed by atoms with Crippen LogP contribution in [0.15, 0.2) is 4.52 Å². The number of primary amides is 1. The van der Waals surface area contributed by atoms with Gasteiger partial charge in [0.25, 0.3) is 5.91 Å². The molecule has 0 saturated heterocycles. The van der Waals surface area contributed by atoms with Gasteiger partial charge in [-0.15, -0.1) is 5.10 Å². The maximum atomic E-state index is 10.2. The van der Waals surface area contributed by atoms with Crippen LogP contribution in [0, 0.1) is 0 Å². The summed E-state index contributed by atoms with van der Waals surface area (Å²) < 4.78 is 4.02. The molecule has 0 atom stereocenters. The van der Waals surface area contributed by atoms with E-state index in [1.165, 1.54) is 0 Å². The normalized spacial score (nSPS) is 9.33. The van der Waals surface area contributed by atoms with Crippen LogP contribution in [0.2, 0.25) is 0 Å². The van der Waals surface area contributed by atoms with Gasteiger partial charge in [0.15, 0.2) is 0 Å². The molecule has 0 aliphatic rings. The largest absolute Gasteiger partial charge is 0.478 e. The fraction of sp³-hybridized carbons (Fsp3) is 0. The minimum absolute atomic E-state index is 0.352. The Morgan fingerprint density at radius 2 is 2.44 bits per heavy atom. The Labute approximate surface area is 49.2 Å². The summed E-state index contributed by atoms with van der Waals surface area (Å²) in [6.45, 7) is 0. The zero-order valence-electron chi connectivity index (χ0n) is 4.24. The molecule has 3 N–H and O–H groups in total. The summed E-state index contributed by atoms with van der Waals surface area (Å²) in [6, 6.07) is 0. The van der Waals surface area contributed by atoms with Crippen LogP contribution < -0.4 is 5.73 Å². The van der Waals surface area contributed by atoms with Crippen LogP contribution in [-0.2, 0) is 0 Å². The molecule has 0 aliphatic carbocycles. The molecule has 0 radical (unpaired) electrons. The molecule has 1 rings (SSSR count). The molecule has 0 unspecified atom stereocenters. The minimum atomic E-state index is -0.867. The number of nitrogens with two attached hydrogens (primary N) is 1. The molecule has 1 aromatic rings. The van der Waals surface area contributed by atoms with Crippen molar-refractivity contribution in [1.82, 2.24) is 10.4 Å². The first-order valence-electron chi connectivity index (χ1n) is 2.03. The van der Waals surface area contributed by atoms with E-state index in [1.54, 1.807) is 0 Å². The van der Waals surface area contributed by atoms with E-state index in [4.69, 9.17) is 10.8 Å². The Morgan fingerprint density at radius 3 is 2.67 bits per heavy atom. The summed E-state index contributed by atoms with van der Waals surface area (Å²) in [6.07, 6.45) is 0. The summed E-state index contributed by atoms with van der Waals surface area (Å²) in [5.41, 5.74) is 4.35. The molecule has 48 valence electrons. The van der Waals surface area contributed by atoms with Gasteiger partial charge in [-0.25, -0.2) is 0 Å². The van der Waals surface area contributed by atoms with Crippen LogP contribution in [0.25, 0.3) is 0 Å². The SMILES string of the molecule is NC(=O)c1nnoc1O. The summed E-state index contributed by atoms with van der Waals surface area (Å²) in [7, 11) is 0. The zero-order valence-corrected chi connectivity index (χ0v) is 4.24. The lowest BCUT2D eigenvalue weighted by molar-refractivity contribution is 0.0991. The molecule has 0 bridgehead atoms.